The molecule has 1 aliphatic rings. The Morgan fingerprint density at radius 1 is 1.14 bits per heavy atom. The number of aryl methyl sites for hydroxylation is 1. The summed E-state index contributed by atoms with van der Waals surface area (Å²) in [6.07, 6.45) is 0. The van der Waals surface area contributed by atoms with Crippen LogP contribution >= 0.6 is 15.9 Å². The highest BCUT2D eigenvalue weighted by atomic mass is 79.9. The van der Waals surface area contributed by atoms with Crippen LogP contribution in [0.3, 0.4) is 0 Å². The van der Waals surface area contributed by atoms with Gasteiger partial charge in [-0.05, 0) is 45.9 Å². The lowest BCUT2D eigenvalue weighted by molar-refractivity contribution is 0.0697. The number of benzene rings is 1. The zero-order valence-electron chi connectivity index (χ0n) is 16.5. The summed E-state index contributed by atoms with van der Waals surface area (Å²) in [7, 11) is -3.65. The molecule has 1 fully saturated rings. The van der Waals surface area contributed by atoms with Crippen molar-refractivity contribution in [3.05, 3.63) is 45.7 Å². The van der Waals surface area contributed by atoms with Gasteiger partial charge in [-0.3, -0.25) is 9.48 Å². The normalized spacial score (nSPS) is 16.0. The number of carbonyl (C=O) groups excluding carboxylic acids is 1. The van der Waals surface area contributed by atoms with Gasteiger partial charge in [-0.15, -0.1) is 0 Å². The number of sulfonamides is 1. The van der Waals surface area contributed by atoms with Crippen molar-refractivity contribution in [2.75, 3.05) is 26.2 Å². The van der Waals surface area contributed by atoms with Gasteiger partial charge in [0.05, 0.1) is 11.4 Å². The number of halogens is 1. The Balaban J connectivity index is 1.77. The Hall–Kier alpha value is -1.71. The lowest BCUT2D eigenvalue weighted by atomic mass is 10.2. The maximum absolute atomic E-state index is 13.2. The molecule has 0 bridgehead atoms. The van der Waals surface area contributed by atoms with E-state index in [1.807, 2.05) is 26.0 Å². The molecule has 2 aromatic rings. The maximum atomic E-state index is 13.2. The number of aromatic nitrogens is 2. The molecule has 0 atom stereocenters. The Morgan fingerprint density at radius 3 is 2.32 bits per heavy atom. The Morgan fingerprint density at radius 2 is 1.79 bits per heavy atom. The zero-order chi connectivity index (χ0) is 20.6. The SMILES string of the molecule is Cc1nn(C(C)C)c(C)c1S(=O)(=O)N1CCN(C(=O)c2cccc(Br)c2)CC1. The monoisotopic (exact) mass is 468 g/mol. The second-order valence-corrected chi connectivity index (χ2v) is 10.0. The van der Waals surface area contributed by atoms with E-state index in [9.17, 15) is 13.2 Å². The summed E-state index contributed by atoms with van der Waals surface area (Å²) in [5.74, 6) is -0.0849. The quantitative estimate of drug-likeness (QED) is 0.690. The second kappa shape index (κ2) is 7.96. The molecule has 0 radical (unpaired) electrons. The predicted molar refractivity (Wildman–Crippen MR) is 111 cm³/mol. The number of amides is 1. The van der Waals surface area contributed by atoms with Crippen LogP contribution in [0.1, 0.15) is 41.6 Å². The molecule has 0 N–H and O–H groups in total. The molecule has 9 heteroatoms. The molecule has 0 unspecified atom stereocenters. The van der Waals surface area contributed by atoms with Gasteiger partial charge in [0.2, 0.25) is 10.0 Å². The minimum atomic E-state index is -3.65. The van der Waals surface area contributed by atoms with Crippen molar-refractivity contribution in [2.24, 2.45) is 0 Å². The number of nitrogens with zero attached hydrogens (tertiary/aromatic N) is 4. The van der Waals surface area contributed by atoms with Crippen LogP contribution < -0.4 is 0 Å². The molecule has 3 rings (SSSR count). The van der Waals surface area contributed by atoms with Crippen LogP contribution in [0, 0.1) is 13.8 Å². The van der Waals surface area contributed by atoms with Crippen molar-refractivity contribution in [2.45, 2.75) is 38.6 Å². The summed E-state index contributed by atoms with van der Waals surface area (Å²) in [5, 5.41) is 4.40. The lowest BCUT2D eigenvalue weighted by Gasteiger charge is -2.34. The summed E-state index contributed by atoms with van der Waals surface area (Å²) in [4.78, 5) is 14.7. The number of carbonyl (C=O) groups is 1. The minimum Gasteiger partial charge on any atom is -0.336 e. The van der Waals surface area contributed by atoms with E-state index < -0.39 is 10.0 Å². The van der Waals surface area contributed by atoms with E-state index in [4.69, 9.17) is 0 Å². The first-order chi connectivity index (χ1) is 13.1. The van der Waals surface area contributed by atoms with Crippen molar-refractivity contribution in [3.8, 4) is 0 Å². The van der Waals surface area contributed by atoms with Gasteiger partial charge in [-0.25, -0.2) is 8.42 Å². The average molecular weight is 469 g/mol. The first-order valence-corrected chi connectivity index (χ1v) is 11.5. The molecule has 0 aliphatic carbocycles. The largest absolute Gasteiger partial charge is 0.336 e. The minimum absolute atomic E-state index is 0.0849. The molecule has 2 heterocycles. The highest BCUT2D eigenvalue weighted by molar-refractivity contribution is 9.10. The standard InChI is InChI=1S/C19H25BrN4O3S/c1-13(2)24-15(4)18(14(3)21-24)28(26,27)23-10-8-22(9-11-23)19(25)16-6-5-7-17(20)12-16/h5-7,12-13H,8-11H2,1-4H3. The molecule has 1 aromatic heterocycles. The van der Waals surface area contributed by atoms with E-state index in [0.717, 1.165) is 4.47 Å². The number of hydrogen-bond donors (Lipinski definition) is 0. The summed E-state index contributed by atoms with van der Waals surface area (Å²) in [5.41, 5.74) is 1.76. The fourth-order valence-corrected chi connectivity index (χ4v) is 5.77. The maximum Gasteiger partial charge on any atom is 0.253 e. The molecule has 0 saturated carbocycles. The highest BCUT2D eigenvalue weighted by Gasteiger charge is 2.34. The Bertz CT molecular complexity index is 993. The molecule has 0 spiro atoms. The fraction of sp³-hybridized carbons (Fsp3) is 0.474. The van der Waals surface area contributed by atoms with Crippen molar-refractivity contribution in [1.29, 1.82) is 0 Å². The van der Waals surface area contributed by atoms with E-state index in [2.05, 4.69) is 21.0 Å². The van der Waals surface area contributed by atoms with Gasteiger partial charge in [-0.1, -0.05) is 22.0 Å². The van der Waals surface area contributed by atoms with E-state index in [0.29, 0.717) is 30.0 Å². The van der Waals surface area contributed by atoms with Crippen LogP contribution in [0.25, 0.3) is 0 Å². The van der Waals surface area contributed by atoms with Crippen LogP contribution in [0.5, 0.6) is 0 Å². The summed E-state index contributed by atoms with van der Waals surface area (Å²) >= 11 is 3.38. The molecule has 7 nitrogen and oxygen atoms in total. The van der Waals surface area contributed by atoms with Gasteiger partial charge in [0, 0.05) is 42.3 Å². The molecular formula is C19H25BrN4O3S. The van der Waals surface area contributed by atoms with Crippen LogP contribution in [-0.2, 0) is 10.0 Å². The van der Waals surface area contributed by atoms with Crippen LogP contribution in [0.15, 0.2) is 33.6 Å². The first kappa shape index (κ1) is 21.0. The van der Waals surface area contributed by atoms with Gasteiger partial charge in [0.1, 0.15) is 4.90 Å². The van der Waals surface area contributed by atoms with Gasteiger partial charge in [-0.2, -0.15) is 9.40 Å². The molecule has 28 heavy (non-hydrogen) atoms. The molecule has 1 saturated heterocycles. The molecule has 1 aliphatic heterocycles. The van der Waals surface area contributed by atoms with Crippen LogP contribution in [-0.4, -0.2) is 59.5 Å². The zero-order valence-corrected chi connectivity index (χ0v) is 18.9. The molecular weight excluding hydrogens is 444 g/mol. The average Bonchev–Trinajstić information content (AvgIpc) is 2.96. The van der Waals surface area contributed by atoms with Gasteiger partial charge in [0.25, 0.3) is 5.91 Å². The van der Waals surface area contributed by atoms with Crippen LogP contribution in [0.4, 0.5) is 0 Å². The number of hydrogen-bond acceptors (Lipinski definition) is 4. The van der Waals surface area contributed by atoms with Gasteiger partial charge < -0.3 is 4.90 Å². The summed E-state index contributed by atoms with van der Waals surface area (Å²) < 4.78 is 30.5. The Kier molecular flexibility index (Phi) is 5.97. The fourth-order valence-electron chi connectivity index (χ4n) is 3.59. The second-order valence-electron chi connectivity index (χ2n) is 7.24. The Labute approximate surface area is 174 Å². The van der Waals surface area contributed by atoms with Crippen molar-refractivity contribution < 1.29 is 13.2 Å². The molecule has 152 valence electrons. The highest BCUT2D eigenvalue weighted by Crippen LogP contribution is 2.26. The van der Waals surface area contributed by atoms with E-state index in [-0.39, 0.29) is 29.9 Å². The summed E-state index contributed by atoms with van der Waals surface area (Å²) in [6, 6.07) is 7.31. The third kappa shape index (κ3) is 3.88. The third-order valence-corrected chi connectivity index (χ3v) is 7.59. The van der Waals surface area contributed by atoms with Crippen molar-refractivity contribution in [3.63, 3.8) is 0 Å². The number of rotatable bonds is 4. The van der Waals surface area contributed by atoms with E-state index >= 15 is 0 Å². The predicted octanol–water partition coefficient (Wildman–Crippen LogP) is 2.99. The van der Waals surface area contributed by atoms with Crippen molar-refractivity contribution >= 4 is 31.9 Å². The van der Waals surface area contributed by atoms with Crippen molar-refractivity contribution in [1.82, 2.24) is 19.0 Å². The molecule has 1 amide bonds. The van der Waals surface area contributed by atoms with Gasteiger partial charge in [0.15, 0.2) is 0 Å². The first-order valence-electron chi connectivity index (χ1n) is 9.23. The van der Waals surface area contributed by atoms with E-state index in [1.165, 1.54) is 4.31 Å². The lowest BCUT2D eigenvalue weighted by Crippen LogP contribution is -2.50. The van der Waals surface area contributed by atoms with Crippen LogP contribution in [0.2, 0.25) is 0 Å². The summed E-state index contributed by atoms with van der Waals surface area (Å²) in [6.45, 7) is 8.74. The van der Waals surface area contributed by atoms with Gasteiger partial charge >= 0.3 is 0 Å². The molecule has 1 aromatic carbocycles. The topological polar surface area (TPSA) is 75.5 Å². The third-order valence-electron chi connectivity index (χ3n) is 4.94. The smallest absolute Gasteiger partial charge is 0.253 e. The number of piperazine rings is 1. The van der Waals surface area contributed by atoms with E-state index in [1.54, 1.807) is 35.6 Å².